The number of para-hydroxylation sites is 1. The molecule has 2 aromatic carbocycles. The highest BCUT2D eigenvalue weighted by Gasteiger charge is 2.07. The third kappa shape index (κ3) is 4.17. The van der Waals surface area contributed by atoms with Crippen molar-refractivity contribution in [3.8, 4) is 0 Å². The number of hydrogen-bond acceptors (Lipinski definition) is 2. The lowest BCUT2D eigenvalue weighted by molar-refractivity contribution is 0.502. The van der Waals surface area contributed by atoms with Crippen LogP contribution in [0, 0.1) is 5.92 Å². The summed E-state index contributed by atoms with van der Waals surface area (Å²) in [6.07, 6.45) is 2.21. The summed E-state index contributed by atoms with van der Waals surface area (Å²) in [4.78, 5) is 0. The van der Waals surface area contributed by atoms with Crippen LogP contribution in [0.2, 0.25) is 0 Å². The number of benzene rings is 2. The molecule has 0 radical (unpaired) electrons. The van der Waals surface area contributed by atoms with E-state index in [4.69, 9.17) is 4.42 Å². The molecule has 0 saturated carbocycles. The summed E-state index contributed by atoms with van der Waals surface area (Å²) < 4.78 is 5.89. The summed E-state index contributed by atoms with van der Waals surface area (Å²) in [5.41, 5.74) is 2.42. The van der Waals surface area contributed by atoms with Gasteiger partial charge in [-0.3, -0.25) is 0 Å². The monoisotopic (exact) mass is 310 g/mol. The fourth-order valence-electron chi connectivity index (χ4n) is 2.58. The van der Waals surface area contributed by atoms with Crippen molar-refractivity contribution in [1.82, 2.24) is 0 Å². The molecule has 0 fully saturated rings. The highest BCUT2D eigenvalue weighted by molar-refractivity contribution is 7.98. The lowest BCUT2D eigenvalue weighted by Crippen LogP contribution is -2.00. The van der Waals surface area contributed by atoms with Crippen molar-refractivity contribution in [2.45, 2.75) is 25.5 Å². The van der Waals surface area contributed by atoms with Gasteiger partial charge in [0.1, 0.15) is 11.3 Å². The zero-order valence-corrected chi connectivity index (χ0v) is 13.8. The van der Waals surface area contributed by atoms with Crippen LogP contribution in [-0.4, -0.2) is 5.75 Å². The number of hydrogen-bond donors (Lipinski definition) is 0. The van der Waals surface area contributed by atoms with E-state index in [1.54, 1.807) is 0 Å². The molecule has 0 N–H and O–H groups in total. The van der Waals surface area contributed by atoms with Crippen molar-refractivity contribution in [3.05, 3.63) is 72.0 Å². The van der Waals surface area contributed by atoms with Gasteiger partial charge in [-0.25, -0.2) is 0 Å². The van der Waals surface area contributed by atoms with E-state index in [9.17, 15) is 0 Å². The SMILES string of the molecule is CC(CCc1cc2ccccc2o1)CSCc1ccccc1. The predicted molar refractivity (Wildman–Crippen MR) is 96.3 cm³/mol. The Kier molecular flexibility index (Phi) is 5.23. The molecule has 0 aliphatic carbocycles. The van der Waals surface area contributed by atoms with Gasteiger partial charge in [-0.15, -0.1) is 0 Å². The van der Waals surface area contributed by atoms with Crippen LogP contribution in [0.15, 0.2) is 65.1 Å². The first-order chi connectivity index (χ1) is 10.8. The maximum absolute atomic E-state index is 5.89. The van der Waals surface area contributed by atoms with Gasteiger partial charge in [0.05, 0.1) is 0 Å². The van der Waals surface area contributed by atoms with E-state index in [1.165, 1.54) is 23.1 Å². The molecule has 0 spiro atoms. The molecule has 2 heteroatoms. The van der Waals surface area contributed by atoms with Crippen molar-refractivity contribution >= 4 is 22.7 Å². The van der Waals surface area contributed by atoms with Gasteiger partial charge in [0.15, 0.2) is 0 Å². The average Bonchev–Trinajstić information content (AvgIpc) is 2.97. The fraction of sp³-hybridized carbons (Fsp3) is 0.300. The Morgan fingerprint density at radius 2 is 1.77 bits per heavy atom. The van der Waals surface area contributed by atoms with Crippen molar-refractivity contribution < 1.29 is 4.42 Å². The number of fused-ring (bicyclic) bond motifs is 1. The highest BCUT2D eigenvalue weighted by Crippen LogP contribution is 2.22. The van der Waals surface area contributed by atoms with Gasteiger partial charge in [-0.1, -0.05) is 55.5 Å². The van der Waals surface area contributed by atoms with Gasteiger partial charge in [0.2, 0.25) is 0 Å². The van der Waals surface area contributed by atoms with Gasteiger partial charge >= 0.3 is 0 Å². The van der Waals surface area contributed by atoms with Crippen molar-refractivity contribution in [1.29, 1.82) is 0 Å². The van der Waals surface area contributed by atoms with Crippen molar-refractivity contribution in [3.63, 3.8) is 0 Å². The molecule has 3 aromatic rings. The van der Waals surface area contributed by atoms with E-state index in [-0.39, 0.29) is 0 Å². The smallest absolute Gasteiger partial charge is 0.134 e. The number of aryl methyl sites for hydroxylation is 1. The minimum atomic E-state index is 0.710. The van der Waals surface area contributed by atoms with E-state index < -0.39 is 0 Å². The number of thioether (sulfide) groups is 1. The molecule has 1 aromatic heterocycles. The third-order valence-electron chi connectivity index (χ3n) is 3.87. The summed E-state index contributed by atoms with van der Waals surface area (Å²) in [5.74, 6) is 4.13. The Morgan fingerprint density at radius 1 is 1.00 bits per heavy atom. The lowest BCUT2D eigenvalue weighted by atomic mass is 10.1. The second kappa shape index (κ2) is 7.55. The fourth-order valence-corrected chi connectivity index (χ4v) is 3.70. The van der Waals surface area contributed by atoms with Crippen LogP contribution >= 0.6 is 11.8 Å². The van der Waals surface area contributed by atoms with Crippen LogP contribution in [0.5, 0.6) is 0 Å². The molecule has 0 bridgehead atoms. The quantitative estimate of drug-likeness (QED) is 0.536. The molecular weight excluding hydrogens is 288 g/mol. The Hall–Kier alpha value is -1.67. The summed E-state index contributed by atoms with van der Waals surface area (Å²) in [6, 6.07) is 21.1. The molecule has 0 aliphatic heterocycles. The molecular formula is C20H22OS. The largest absolute Gasteiger partial charge is 0.461 e. The number of furan rings is 1. The van der Waals surface area contributed by atoms with Gasteiger partial charge in [0.25, 0.3) is 0 Å². The van der Waals surface area contributed by atoms with E-state index in [1.807, 2.05) is 23.9 Å². The maximum Gasteiger partial charge on any atom is 0.134 e. The van der Waals surface area contributed by atoms with Gasteiger partial charge in [0, 0.05) is 17.6 Å². The molecule has 22 heavy (non-hydrogen) atoms. The van der Waals surface area contributed by atoms with E-state index in [2.05, 4.69) is 55.5 Å². The molecule has 0 saturated heterocycles. The normalized spacial score (nSPS) is 12.6. The maximum atomic E-state index is 5.89. The van der Waals surface area contributed by atoms with Crippen LogP contribution in [0.3, 0.4) is 0 Å². The molecule has 3 rings (SSSR count). The third-order valence-corrected chi connectivity index (χ3v) is 5.22. The molecule has 1 heterocycles. The van der Waals surface area contributed by atoms with Crippen molar-refractivity contribution in [2.24, 2.45) is 5.92 Å². The Bertz CT molecular complexity index is 669. The molecule has 1 unspecified atom stereocenters. The zero-order valence-electron chi connectivity index (χ0n) is 13.0. The average molecular weight is 310 g/mol. The second-order valence-electron chi connectivity index (χ2n) is 5.90. The zero-order chi connectivity index (χ0) is 15.2. The van der Waals surface area contributed by atoms with E-state index in [0.29, 0.717) is 5.92 Å². The van der Waals surface area contributed by atoms with Crippen LogP contribution in [-0.2, 0) is 12.2 Å². The lowest BCUT2D eigenvalue weighted by Gasteiger charge is -2.10. The number of rotatable bonds is 7. The Balaban J connectivity index is 1.43. The van der Waals surface area contributed by atoms with Gasteiger partial charge in [-0.05, 0) is 35.8 Å². The molecule has 0 aliphatic rings. The Morgan fingerprint density at radius 3 is 2.59 bits per heavy atom. The first-order valence-corrected chi connectivity index (χ1v) is 9.06. The van der Waals surface area contributed by atoms with Crippen LogP contribution in [0.25, 0.3) is 11.0 Å². The van der Waals surface area contributed by atoms with Gasteiger partial charge in [-0.2, -0.15) is 11.8 Å². The first-order valence-electron chi connectivity index (χ1n) is 7.90. The summed E-state index contributed by atoms with van der Waals surface area (Å²) >= 11 is 2.02. The standard InChI is InChI=1S/C20H22OS/c1-16(14-22-15-17-7-3-2-4-8-17)11-12-19-13-18-9-5-6-10-20(18)21-19/h2-10,13,16H,11-12,14-15H2,1H3. The second-order valence-corrected chi connectivity index (χ2v) is 6.93. The van der Waals surface area contributed by atoms with Crippen LogP contribution in [0.1, 0.15) is 24.7 Å². The topological polar surface area (TPSA) is 13.1 Å². The minimum absolute atomic E-state index is 0.710. The molecule has 0 amide bonds. The van der Waals surface area contributed by atoms with Crippen molar-refractivity contribution in [2.75, 3.05) is 5.75 Å². The predicted octanol–water partition coefficient (Wildman–Crippen LogP) is 5.93. The molecule has 114 valence electrons. The van der Waals surface area contributed by atoms with Crippen LogP contribution in [0.4, 0.5) is 0 Å². The van der Waals surface area contributed by atoms with Gasteiger partial charge < -0.3 is 4.42 Å². The van der Waals surface area contributed by atoms with E-state index >= 15 is 0 Å². The Labute approximate surface area is 136 Å². The summed E-state index contributed by atoms with van der Waals surface area (Å²) in [7, 11) is 0. The minimum Gasteiger partial charge on any atom is -0.461 e. The van der Waals surface area contributed by atoms with Crippen LogP contribution < -0.4 is 0 Å². The summed E-state index contributed by atoms with van der Waals surface area (Å²) in [5, 5.41) is 1.21. The van der Waals surface area contributed by atoms with E-state index in [0.717, 1.165) is 23.5 Å². The molecule has 1 nitrogen and oxygen atoms in total. The molecule has 1 atom stereocenters. The highest BCUT2D eigenvalue weighted by atomic mass is 32.2. The summed E-state index contributed by atoms with van der Waals surface area (Å²) in [6.45, 7) is 2.33. The first kappa shape index (κ1) is 15.2.